The first-order valence-electron chi connectivity index (χ1n) is 12.9. The van der Waals surface area contributed by atoms with E-state index in [1.165, 1.54) is 4.90 Å². The fourth-order valence-electron chi connectivity index (χ4n) is 4.70. The smallest absolute Gasteiger partial charge is 0.295 e. The number of hydrogen-bond acceptors (Lipinski definition) is 7. The fraction of sp³-hybridized carbons (Fsp3) is 0.467. The van der Waals surface area contributed by atoms with E-state index in [1.54, 1.807) is 26.4 Å². The number of aliphatic hydroxyl groups is 1. The second-order valence-corrected chi connectivity index (χ2v) is 10.4. The van der Waals surface area contributed by atoms with E-state index >= 15 is 0 Å². The first-order chi connectivity index (χ1) is 17.9. The highest BCUT2D eigenvalue weighted by Gasteiger charge is 2.46. The van der Waals surface area contributed by atoms with E-state index < -0.39 is 17.7 Å². The Labute approximate surface area is 225 Å². The van der Waals surface area contributed by atoms with E-state index in [1.807, 2.05) is 71.8 Å². The van der Waals surface area contributed by atoms with Crippen LogP contribution in [0.25, 0.3) is 5.76 Å². The Balaban J connectivity index is 2.26. The standard InChI is InChI=1S/C30H40N2O6/c1-17(2)21-16-22(19(5)14-24(21)36-8)28(33)26-27(32(13-12-31(6)7)30(35)29(26)34)20-10-11-23(38-18(3)4)25(15-20)37-9/h10-11,14-18,27,33H,12-13H2,1-9H3/b28-26+. The molecular formula is C30H40N2O6. The van der Waals surface area contributed by atoms with Crippen molar-refractivity contribution in [3.63, 3.8) is 0 Å². The molecule has 38 heavy (non-hydrogen) atoms. The summed E-state index contributed by atoms with van der Waals surface area (Å²) in [5.41, 5.74) is 2.83. The number of rotatable bonds is 10. The number of carbonyl (C=O) groups excluding carboxylic acids is 2. The highest BCUT2D eigenvalue weighted by atomic mass is 16.5. The van der Waals surface area contributed by atoms with E-state index in [9.17, 15) is 14.7 Å². The van der Waals surface area contributed by atoms with Crippen LogP contribution in [0.3, 0.4) is 0 Å². The van der Waals surface area contributed by atoms with Crippen molar-refractivity contribution < 1.29 is 28.9 Å². The number of methoxy groups -OCH3 is 2. The molecule has 8 nitrogen and oxygen atoms in total. The van der Waals surface area contributed by atoms with Crippen molar-refractivity contribution in [3.8, 4) is 17.2 Å². The van der Waals surface area contributed by atoms with Crippen molar-refractivity contribution in [1.82, 2.24) is 9.80 Å². The molecular weight excluding hydrogens is 484 g/mol. The largest absolute Gasteiger partial charge is 0.507 e. The molecule has 1 unspecified atom stereocenters. The van der Waals surface area contributed by atoms with Gasteiger partial charge >= 0.3 is 0 Å². The lowest BCUT2D eigenvalue weighted by molar-refractivity contribution is -0.140. The zero-order chi connectivity index (χ0) is 28.3. The molecule has 0 aromatic heterocycles. The van der Waals surface area contributed by atoms with Crippen LogP contribution < -0.4 is 14.2 Å². The summed E-state index contributed by atoms with van der Waals surface area (Å²) in [7, 11) is 6.96. The highest BCUT2D eigenvalue weighted by Crippen LogP contribution is 2.43. The fourth-order valence-corrected chi connectivity index (χ4v) is 4.70. The molecule has 1 aliphatic heterocycles. The van der Waals surface area contributed by atoms with Crippen LogP contribution in [-0.2, 0) is 9.59 Å². The first kappa shape index (κ1) is 29.0. The number of benzene rings is 2. The summed E-state index contributed by atoms with van der Waals surface area (Å²) in [5.74, 6) is 0.310. The van der Waals surface area contributed by atoms with E-state index in [0.29, 0.717) is 41.5 Å². The van der Waals surface area contributed by atoms with Gasteiger partial charge in [0.05, 0.1) is 31.9 Å². The monoisotopic (exact) mass is 524 g/mol. The topological polar surface area (TPSA) is 88.5 Å². The van der Waals surface area contributed by atoms with Crippen molar-refractivity contribution in [2.45, 2.75) is 52.7 Å². The lowest BCUT2D eigenvalue weighted by atomic mass is 9.91. The minimum absolute atomic E-state index is 0.0521. The van der Waals surface area contributed by atoms with Gasteiger partial charge in [-0.15, -0.1) is 0 Å². The van der Waals surface area contributed by atoms with E-state index in [4.69, 9.17) is 14.2 Å². The van der Waals surface area contributed by atoms with E-state index in [2.05, 4.69) is 0 Å². The number of aryl methyl sites for hydroxylation is 1. The van der Waals surface area contributed by atoms with Gasteiger partial charge in [-0.3, -0.25) is 9.59 Å². The van der Waals surface area contributed by atoms with Gasteiger partial charge in [-0.2, -0.15) is 0 Å². The summed E-state index contributed by atoms with van der Waals surface area (Å²) in [6, 6.07) is 8.26. The van der Waals surface area contributed by atoms with Crippen LogP contribution in [-0.4, -0.2) is 74.1 Å². The van der Waals surface area contributed by atoms with Gasteiger partial charge in [0, 0.05) is 18.7 Å². The number of nitrogens with zero attached hydrogens (tertiary/aromatic N) is 2. The highest BCUT2D eigenvalue weighted by molar-refractivity contribution is 6.46. The third-order valence-electron chi connectivity index (χ3n) is 6.65. The van der Waals surface area contributed by atoms with Crippen molar-refractivity contribution in [2.75, 3.05) is 41.4 Å². The van der Waals surface area contributed by atoms with Crippen LogP contribution >= 0.6 is 0 Å². The van der Waals surface area contributed by atoms with Gasteiger partial charge in [-0.1, -0.05) is 19.9 Å². The van der Waals surface area contributed by atoms with Crippen molar-refractivity contribution >= 4 is 17.4 Å². The van der Waals surface area contributed by atoms with E-state index in [0.717, 1.165) is 11.1 Å². The number of carbonyl (C=O) groups is 2. The number of ketones is 1. The number of ether oxygens (including phenoxy) is 3. The van der Waals surface area contributed by atoms with Gasteiger partial charge in [-0.25, -0.2) is 0 Å². The van der Waals surface area contributed by atoms with Gasteiger partial charge in [0.15, 0.2) is 11.5 Å². The lowest BCUT2D eigenvalue weighted by Gasteiger charge is -2.27. The molecule has 8 heteroatoms. The zero-order valence-corrected chi connectivity index (χ0v) is 23.9. The Bertz CT molecular complexity index is 1230. The van der Waals surface area contributed by atoms with Crippen LogP contribution in [0.5, 0.6) is 17.2 Å². The predicted molar refractivity (Wildman–Crippen MR) is 148 cm³/mol. The Kier molecular flexibility index (Phi) is 9.09. The maximum Gasteiger partial charge on any atom is 0.295 e. The third kappa shape index (κ3) is 5.80. The van der Waals surface area contributed by atoms with E-state index in [-0.39, 0.29) is 23.4 Å². The van der Waals surface area contributed by atoms with Crippen LogP contribution in [0.15, 0.2) is 35.9 Å². The summed E-state index contributed by atoms with van der Waals surface area (Å²) in [4.78, 5) is 30.3. The van der Waals surface area contributed by atoms with Gasteiger partial charge < -0.3 is 29.1 Å². The van der Waals surface area contributed by atoms with Gasteiger partial charge in [0.25, 0.3) is 11.7 Å². The molecule has 1 N–H and O–H groups in total. The number of aliphatic hydroxyl groups excluding tert-OH is 1. The summed E-state index contributed by atoms with van der Waals surface area (Å²) < 4.78 is 17.0. The van der Waals surface area contributed by atoms with Crippen molar-refractivity contribution in [3.05, 3.63) is 58.2 Å². The Morgan fingerprint density at radius 2 is 1.66 bits per heavy atom. The molecule has 2 aromatic rings. The summed E-state index contributed by atoms with van der Waals surface area (Å²) in [6.45, 7) is 10.6. The molecule has 206 valence electrons. The predicted octanol–water partition coefficient (Wildman–Crippen LogP) is 4.91. The van der Waals surface area contributed by atoms with Crippen molar-refractivity contribution in [1.29, 1.82) is 0 Å². The molecule has 1 saturated heterocycles. The molecule has 1 heterocycles. The molecule has 0 aliphatic carbocycles. The number of hydrogen-bond donors (Lipinski definition) is 1. The minimum atomic E-state index is -0.791. The quantitative estimate of drug-likeness (QED) is 0.269. The maximum atomic E-state index is 13.5. The Morgan fingerprint density at radius 1 is 1.00 bits per heavy atom. The Hall–Kier alpha value is -3.52. The Morgan fingerprint density at radius 3 is 2.21 bits per heavy atom. The van der Waals surface area contributed by atoms with Crippen molar-refractivity contribution in [2.24, 2.45) is 0 Å². The number of likely N-dealkylation sites (N-methyl/N-ethyl adjacent to an activating group) is 1. The summed E-state index contributed by atoms with van der Waals surface area (Å²) >= 11 is 0. The molecule has 2 aromatic carbocycles. The van der Waals surface area contributed by atoms with Gasteiger partial charge in [0.2, 0.25) is 0 Å². The molecule has 0 spiro atoms. The third-order valence-corrected chi connectivity index (χ3v) is 6.65. The molecule has 1 fully saturated rings. The molecule has 1 atom stereocenters. The average Bonchev–Trinajstić information content (AvgIpc) is 3.11. The second-order valence-electron chi connectivity index (χ2n) is 10.4. The van der Waals surface area contributed by atoms with Gasteiger partial charge in [-0.05, 0) is 81.7 Å². The van der Waals surface area contributed by atoms with Gasteiger partial charge in [0.1, 0.15) is 11.5 Å². The SMILES string of the molecule is COc1cc(C2/C(=C(\O)c3cc(C(C)C)c(OC)cc3C)C(=O)C(=O)N2CCN(C)C)ccc1OC(C)C. The summed E-state index contributed by atoms with van der Waals surface area (Å²) in [5, 5.41) is 11.7. The number of amides is 1. The molecule has 0 saturated carbocycles. The first-order valence-corrected chi connectivity index (χ1v) is 12.9. The molecule has 1 aliphatic rings. The van der Waals surface area contributed by atoms with Crippen LogP contribution in [0.1, 0.15) is 61.9 Å². The van der Waals surface area contributed by atoms with Crippen LogP contribution in [0, 0.1) is 6.92 Å². The second kappa shape index (κ2) is 11.9. The zero-order valence-electron chi connectivity index (χ0n) is 23.9. The van der Waals surface area contributed by atoms with Crippen LogP contribution in [0.2, 0.25) is 0 Å². The maximum absolute atomic E-state index is 13.5. The summed E-state index contributed by atoms with van der Waals surface area (Å²) in [6.07, 6.45) is -0.0614. The lowest BCUT2D eigenvalue weighted by Crippen LogP contribution is -2.35. The average molecular weight is 525 g/mol. The minimum Gasteiger partial charge on any atom is -0.507 e. The van der Waals surface area contributed by atoms with Crippen LogP contribution in [0.4, 0.5) is 0 Å². The number of Topliss-reactive ketones (excluding diaryl/α,β-unsaturated/α-hetero) is 1. The molecule has 1 amide bonds. The molecule has 0 bridgehead atoms. The number of likely N-dealkylation sites (tertiary alicyclic amines) is 1. The normalized spacial score (nSPS) is 17.2. The molecule has 0 radical (unpaired) electrons. The molecule has 3 rings (SSSR count).